The average Bonchev–Trinajstić information content (AvgIpc) is 3.13. The Hall–Kier alpha value is -1.75. The summed E-state index contributed by atoms with van der Waals surface area (Å²) in [6.07, 6.45) is 6.14. The molecule has 1 unspecified atom stereocenters. The standard InChI is InChI=1S/C19H29N3O2/c1-15-7-8-16(13-21-19(20)22-9-3-2-4-10-22)18(12-15)24-14-17-6-5-11-23-17/h7-8,12,17H,2-6,9-11,13-14H2,1H3,(H2,20,21). The summed E-state index contributed by atoms with van der Waals surface area (Å²) in [6, 6.07) is 6.27. The van der Waals surface area contributed by atoms with E-state index in [-0.39, 0.29) is 6.10 Å². The van der Waals surface area contributed by atoms with Gasteiger partial charge in [0, 0.05) is 25.3 Å². The van der Waals surface area contributed by atoms with Gasteiger partial charge in [0.15, 0.2) is 5.96 Å². The number of aryl methyl sites for hydroxylation is 1. The molecule has 0 bridgehead atoms. The minimum Gasteiger partial charge on any atom is -0.491 e. The molecule has 2 aliphatic heterocycles. The second-order valence-electron chi connectivity index (χ2n) is 6.78. The third-order valence-corrected chi connectivity index (χ3v) is 4.76. The van der Waals surface area contributed by atoms with Gasteiger partial charge in [-0.1, -0.05) is 12.1 Å². The van der Waals surface area contributed by atoms with E-state index in [2.05, 4.69) is 35.0 Å². The maximum absolute atomic E-state index is 6.16. The molecule has 0 aromatic heterocycles. The Morgan fingerprint density at radius 1 is 1.29 bits per heavy atom. The molecule has 3 rings (SSSR count). The van der Waals surface area contributed by atoms with Gasteiger partial charge >= 0.3 is 0 Å². The van der Waals surface area contributed by atoms with E-state index in [0.29, 0.717) is 19.1 Å². The summed E-state index contributed by atoms with van der Waals surface area (Å²) in [5.41, 5.74) is 8.44. The molecule has 2 heterocycles. The maximum Gasteiger partial charge on any atom is 0.191 e. The molecular weight excluding hydrogens is 302 g/mol. The third-order valence-electron chi connectivity index (χ3n) is 4.76. The Bertz CT molecular complexity index is 562. The van der Waals surface area contributed by atoms with E-state index in [0.717, 1.165) is 43.9 Å². The average molecular weight is 331 g/mol. The lowest BCUT2D eigenvalue weighted by molar-refractivity contribution is 0.0676. The molecule has 0 amide bonds. The highest BCUT2D eigenvalue weighted by molar-refractivity contribution is 5.78. The van der Waals surface area contributed by atoms with Crippen molar-refractivity contribution in [1.29, 1.82) is 0 Å². The molecule has 0 spiro atoms. The van der Waals surface area contributed by atoms with Gasteiger partial charge < -0.3 is 20.1 Å². The smallest absolute Gasteiger partial charge is 0.191 e. The molecule has 2 aliphatic rings. The SMILES string of the molecule is Cc1ccc(CN=C(N)N2CCCCC2)c(OCC2CCCO2)c1. The fraction of sp³-hybridized carbons (Fsp3) is 0.632. The number of guanidine groups is 1. The van der Waals surface area contributed by atoms with Crippen LogP contribution in [0.5, 0.6) is 5.75 Å². The van der Waals surface area contributed by atoms with Gasteiger partial charge in [0.05, 0.1) is 12.6 Å². The van der Waals surface area contributed by atoms with Crippen LogP contribution in [0.15, 0.2) is 23.2 Å². The molecule has 0 aliphatic carbocycles. The van der Waals surface area contributed by atoms with Crippen molar-refractivity contribution in [2.45, 2.75) is 51.7 Å². The van der Waals surface area contributed by atoms with Gasteiger partial charge in [0.1, 0.15) is 12.4 Å². The summed E-state index contributed by atoms with van der Waals surface area (Å²) in [6.45, 7) is 6.14. The maximum atomic E-state index is 6.16. The summed E-state index contributed by atoms with van der Waals surface area (Å²) in [5.74, 6) is 1.56. The molecule has 2 N–H and O–H groups in total. The number of piperidine rings is 1. The van der Waals surface area contributed by atoms with E-state index in [1.54, 1.807) is 0 Å². The van der Waals surface area contributed by atoms with Crippen molar-refractivity contribution >= 4 is 5.96 Å². The predicted octanol–water partition coefficient (Wildman–Crippen LogP) is 2.85. The number of hydrogen-bond acceptors (Lipinski definition) is 3. The first-order chi connectivity index (χ1) is 11.7. The second-order valence-corrected chi connectivity index (χ2v) is 6.78. The zero-order valence-electron chi connectivity index (χ0n) is 14.7. The first-order valence-corrected chi connectivity index (χ1v) is 9.11. The Kier molecular flexibility index (Phi) is 5.96. The lowest BCUT2D eigenvalue weighted by Crippen LogP contribution is -2.40. The van der Waals surface area contributed by atoms with E-state index < -0.39 is 0 Å². The molecule has 2 fully saturated rings. The Labute approximate surface area is 144 Å². The molecule has 2 saturated heterocycles. The van der Waals surface area contributed by atoms with E-state index in [1.807, 2.05) is 0 Å². The first kappa shape index (κ1) is 17.1. The summed E-state index contributed by atoms with van der Waals surface area (Å²) in [7, 11) is 0. The van der Waals surface area contributed by atoms with Crippen molar-refractivity contribution in [3.8, 4) is 5.75 Å². The van der Waals surface area contributed by atoms with Crippen molar-refractivity contribution in [1.82, 2.24) is 4.90 Å². The third kappa shape index (κ3) is 4.63. The lowest BCUT2D eigenvalue weighted by Gasteiger charge is -2.27. The van der Waals surface area contributed by atoms with Crippen molar-refractivity contribution in [3.63, 3.8) is 0 Å². The van der Waals surface area contributed by atoms with Crippen LogP contribution in [0.25, 0.3) is 0 Å². The molecule has 5 nitrogen and oxygen atoms in total. The largest absolute Gasteiger partial charge is 0.491 e. The Balaban J connectivity index is 1.63. The van der Waals surface area contributed by atoms with Crippen molar-refractivity contribution in [3.05, 3.63) is 29.3 Å². The zero-order valence-corrected chi connectivity index (χ0v) is 14.7. The Morgan fingerprint density at radius 3 is 2.88 bits per heavy atom. The highest BCUT2D eigenvalue weighted by Gasteiger charge is 2.17. The van der Waals surface area contributed by atoms with E-state index in [4.69, 9.17) is 15.2 Å². The van der Waals surface area contributed by atoms with Gasteiger partial charge in [-0.15, -0.1) is 0 Å². The molecule has 1 aromatic carbocycles. The van der Waals surface area contributed by atoms with Gasteiger partial charge in [-0.2, -0.15) is 0 Å². The normalized spacial score (nSPS) is 22.0. The van der Waals surface area contributed by atoms with Gasteiger partial charge in [-0.25, -0.2) is 4.99 Å². The van der Waals surface area contributed by atoms with Crippen molar-refractivity contribution in [2.75, 3.05) is 26.3 Å². The van der Waals surface area contributed by atoms with Crippen molar-refractivity contribution in [2.24, 2.45) is 10.7 Å². The monoisotopic (exact) mass is 331 g/mol. The van der Waals surface area contributed by atoms with Gasteiger partial charge in [-0.3, -0.25) is 0 Å². The molecule has 0 radical (unpaired) electrons. The molecule has 1 atom stereocenters. The van der Waals surface area contributed by atoms with Crippen LogP contribution in [0.4, 0.5) is 0 Å². The van der Waals surface area contributed by atoms with E-state index in [1.165, 1.54) is 24.8 Å². The van der Waals surface area contributed by atoms with Crippen LogP contribution in [-0.2, 0) is 11.3 Å². The minimum atomic E-state index is 0.222. The van der Waals surface area contributed by atoms with Gasteiger partial charge in [-0.05, 0) is 50.7 Å². The Morgan fingerprint density at radius 2 is 2.12 bits per heavy atom. The van der Waals surface area contributed by atoms with Crippen LogP contribution >= 0.6 is 0 Å². The van der Waals surface area contributed by atoms with Crippen LogP contribution in [0, 0.1) is 6.92 Å². The first-order valence-electron chi connectivity index (χ1n) is 9.11. The van der Waals surface area contributed by atoms with Crippen LogP contribution in [0.3, 0.4) is 0 Å². The summed E-state index contributed by atoms with van der Waals surface area (Å²) < 4.78 is 11.7. The van der Waals surface area contributed by atoms with Crippen molar-refractivity contribution < 1.29 is 9.47 Å². The summed E-state index contributed by atoms with van der Waals surface area (Å²) in [5, 5.41) is 0. The quantitative estimate of drug-likeness (QED) is 0.666. The number of rotatable bonds is 5. The number of nitrogens with two attached hydrogens (primary N) is 1. The number of likely N-dealkylation sites (tertiary alicyclic amines) is 1. The molecule has 24 heavy (non-hydrogen) atoms. The fourth-order valence-electron chi connectivity index (χ4n) is 3.27. The predicted molar refractivity (Wildman–Crippen MR) is 96.4 cm³/mol. The molecular formula is C19H29N3O2. The number of hydrogen-bond donors (Lipinski definition) is 1. The van der Waals surface area contributed by atoms with E-state index >= 15 is 0 Å². The molecule has 0 saturated carbocycles. The highest BCUT2D eigenvalue weighted by Crippen LogP contribution is 2.23. The number of nitrogens with zero attached hydrogens (tertiary/aromatic N) is 2. The molecule has 1 aromatic rings. The number of ether oxygens (including phenoxy) is 2. The van der Waals surface area contributed by atoms with Crippen LogP contribution in [0.2, 0.25) is 0 Å². The topological polar surface area (TPSA) is 60.1 Å². The van der Waals surface area contributed by atoms with Crippen LogP contribution in [0.1, 0.15) is 43.2 Å². The number of aliphatic imine (C=N–C) groups is 1. The van der Waals surface area contributed by atoms with Gasteiger partial charge in [0.25, 0.3) is 0 Å². The van der Waals surface area contributed by atoms with Crippen LogP contribution < -0.4 is 10.5 Å². The minimum absolute atomic E-state index is 0.222. The summed E-state index contributed by atoms with van der Waals surface area (Å²) in [4.78, 5) is 6.78. The number of benzene rings is 1. The zero-order chi connectivity index (χ0) is 16.8. The van der Waals surface area contributed by atoms with Crippen LogP contribution in [-0.4, -0.2) is 43.3 Å². The van der Waals surface area contributed by atoms with E-state index in [9.17, 15) is 0 Å². The highest BCUT2D eigenvalue weighted by atomic mass is 16.5. The second kappa shape index (κ2) is 8.38. The van der Waals surface area contributed by atoms with Gasteiger partial charge in [0.2, 0.25) is 0 Å². The lowest BCUT2D eigenvalue weighted by atomic mass is 10.1. The summed E-state index contributed by atoms with van der Waals surface area (Å²) >= 11 is 0. The molecule has 5 heteroatoms. The molecule has 132 valence electrons. The fourth-order valence-corrected chi connectivity index (χ4v) is 3.27.